The van der Waals surface area contributed by atoms with Gasteiger partial charge < -0.3 is 10.4 Å². The number of aliphatic hydroxyl groups is 1. The molecule has 0 bridgehead atoms. The molecule has 2 N–H and O–H groups in total. The molecule has 0 aromatic rings. The molecule has 1 amide bonds. The molecule has 0 heterocycles. The zero-order valence-electron chi connectivity index (χ0n) is 7.12. The van der Waals surface area contributed by atoms with Crippen LogP contribution in [0.2, 0.25) is 0 Å². The average molecular weight is 169 g/mol. The van der Waals surface area contributed by atoms with E-state index in [2.05, 4.69) is 5.32 Å². The SMILES string of the molecule is O=C(NC1CCC1O)C1CCC1. The second kappa shape index (κ2) is 3.05. The first-order valence-electron chi connectivity index (χ1n) is 4.76. The molecule has 0 aromatic carbocycles. The largest absolute Gasteiger partial charge is 0.391 e. The Hall–Kier alpha value is -0.570. The summed E-state index contributed by atoms with van der Waals surface area (Å²) in [4.78, 5) is 11.4. The van der Waals surface area contributed by atoms with Crippen molar-refractivity contribution in [3.05, 3.63) is 0 Å². The molecule has 0 aliphatic heterocycles. The highest BCUT2D eigenvalue weighted by molar-refractivity contribution is 5.79. The molecular weight excluding hydrogens is 154 g/mol. The molecule has 2 saturated carbocycles. The van der Waals surface area contributed by atoms with Crippen molar-refractivity contribution in [2.75, 3.05) is 0 Å². The van der Waals surface area contributed by atoms with Gasteiger partial charge in [-0.25, -0.2) is 0 Å². The van der Waals surface area contributed by atoms with Gasteiger partial charge in [-0.15, -0.1) is 0 Å². The van der Waals surface area contributed by atoms with Crippen molar-refractivity contribution in [3.63, 3.8) is 0 Å². The molecule has 2 atom stereocenters. The van der Waals surface area contributed by atoms with Gasteiger partial charge in [-0.3, -0.25) is 4.79 Å². The number of nitrogens with one attached hydrogen (secondary N) is 1. The Morgan fingerprint density at radius 2 is 2.00 bits per heavy atom. The number of carbonyl (C=O) groups excluding carboxylic acids is 1. The third-order valence-electron chi connectivity index (χ3n) is 3.04. The Kier molecular flexibility index (Phi) is 2.05. The topological polar surface area (TPSA) is 49.3 Å². The molecule has 2 aliphatic carbocycles. The van der Waals surface area contributed by atoms with Crippen molar-refractivity contribution in [2.45, 2.75) is 44.2 Å². The third-order valence-corrected chi connectivity index (χ3v) is 3.04. The van der Waals surface area contributed by atoms with E-state index in [1.54, 1.807) is 0 Å². The van der Waals surface area contributed by atoms with Crippen molar-refractivity contribution in [3.8, 4) is 0 Å². The highest BCUT2D eigenvalue weighted by Gasteiger charge is 2.33. The lowest BCUT2D eigenvalue weighted by atomic mass is 9.83. The van der Waals surface area contributed by atoms with Crippen LogP contribution in [0.3, 0.4) is 0 Å². The zero-order chi connectivity index (χ0) is 8.55. The Balaban J connectivity index is 1.74. The molecule has 2 aliphatic rings. The van der Waals surface area contributed by atoms with Gasteiger partial charge in [0.15, 0.2) is 0 Å². The van der Waals surface area contributed by atoms with Crippen LogP contribution in [0.25, 0.3) is 0 Å². The van der Waals surface area contributed by atoms with E-state index in [0.717, 1.165) is 25.7 Å². The van der Waals surface area contributed by atoms with Crippen LogP contribution in [0.5, 0.6) is 0 Å². The van der Waals surface area contributed by atoms with Crippen LogP contribution in [-0.4, -0.2) is 23.2 Å². The highest BCUT2D eigenvalue weighted by Crippen LogP contribution is 2.27. The summed E-state index contributed by atoms with van der Waals surface area (Å²) in [5.41, 5.74) is 0. The minimum atomic E-state index is -0.283. The lowest BCUT2D eigenvalue weighted by molar-refractivity contribution is -0.130. The first-order valence-corrected chi connectivity index (χ1v) is 4.76. The predicted molar refractivity (Wildman–Crippen MR) is 44.5 cm³/mol. The molecule has 0 spiro atoms. The molecule has 0 radical (unpaired) electrons. The van der Waals surface area contributed by atoms with Gasteiger partial charge in [0.1, 0.15) is 0 Å². The van der Waals surface area contributed by atoms with Gasteiger partial charge in [-0.2, -0.15) is 0 Å². The molecule has 3 nitrogen and oxygen atoms in total. The van der Waals surface area contributed by atoms with Gasteiger partial charge in [-0.05, 0) is 25.7 Å². The predicted octanol–water partition coefficient (Wildman–Crippen LogP) is 0.426. The van der Waals surface area contributed by atoms with Crippen molar-refractivity contribution in [1.82, 2.24) is 5.32 Å². The molecule has 2 rings (SSSR count). The smallest absolute Gasteiger partial charge is 0.223 e. The van der Waals surface area contributed by atoms with E-state index in [9.17, 15) is 9.90 Å². The zero-order valence-corrected chi connectivity index (χ0v) is 7.12. The van der Waals surface area contributed by atoms with Crippen LogP contribution in [0.15, 0.2) is 0 Å². The first kappa shape index (κ1) is 8.05. The molecule has 12 heavy (non-hydrogen) atoms. The number of hydrogen-bond acceptors (Lipinski definition) is 2. The van der Waals surface area contributed by atoms with E-state index in [1.807, 2.05) is 0 Å². The summed E-state index contributed by atoms with van der Waals surface area (Å²) in [6.07, 6.45) is 4.76. The van der Waals surface area contributed by atoms with Crippen molar-refractivity contribution >= 4 is 5.91 Å². The molecule has 3 heteroatoms. The fraction of sp³-hybridized carbons (Fsp3) is 0.889. The summed E-state index contributed by atoms with van der Waals surface area (Å²) in [5, 5.41) is 12.1. The summed E-state index contributed by atoms with van der Waals surface area (Å²) in [5.74, 6) is 0.405. The Labute approximate surface area is 72.2 Å². The normalized spacial score (nSPS) is 35.1. The minimum Gasteiger partial charge on any atom is -0.391 e. The number of rotatable bonds is 2. The van der Waals surface area contributed by atoms with E-state index in [1.165, 1.54) is 6.42 Å². The molecule has 0 saturated heterocycles. The van der Waals surface area contributed by atoms with Gasteiger partial charge >= 0.3 is 0 Å². The quantitative estimate of drug-likeness (QED) is 0.629. The summed E-state index contributed by atoms with van der Waals surface area (Å²) < 4.78 is 0. The molecule has 68 valence electrons. The number of amides is 1. The maximum Gasteiger partial charge on any atom is 0.223 e. The second-order valence-corrected chi connectivity index (χ2v) is 3.89. The summed E-state index contributed by atoms with van der Waals surface area (Å²) >= 11 is 0. The van der Waals surface area contributed by atoms with Crippen molar-refractivity contribution in [1.29, 1.82) is 0 Å². The minimum absolute atomic E-state index is 0.0538. The molecule has 2 unspecified atom stereocenters. The Morgan fingerprint density at radius 1 is 1.25 bits per heavy atom. The van der Waals surface area contributed by atoms with Gasteiger partial charge in [0.25, 0.3) is 0 Å². The Bertz CT molecular complexity index is 189. The molecule has 2 fully saturated rings. The lowest BCUT2D eigenvalue weighted by Crippen LogP contribution is -2.52. The maximum absolute atomic E-state index is 11.4. The van der Waals surface area contributed by atoms with Gasteiger partial charge in [0.2, 0.25) is 5.91 Å². The summed E-state index contributed by atoms with van der Waals surface area (Å²) in [6, 6.07) is 0.0538. The standard InChI is InChI=1S/C9H15NO2/c11-8-5-4-7(8)10-9(12)6-2-1-3-6/h6-8,11H,1-5H2,(H,10,12). The van der Waals surface area contributed by atoms with E-state index < -0.39 is 0 Å². The maximum atomic E-state index is 11.4. The highest BCUT2D eigenvalue weighted by atomic mass is 16.3. The summed E-state index contributed by atoms with van der Waals surface area (Å²) in [7, 11) is 0. The molecular formula is C9H15NO2. The number of carbonyl (C=O) groups is 1. The first-order chi connectivity index (χ1) is 5.77. The molecule has 0 aromatic heterocycles. The van der Waals surface area contributed by atoms with Gasteiger partial charge in [0.05, 0.1) is 12.1 Å². The fourth-order valence-electron chi connectivity index (χ4n) is 1.62. The van der Waals surface area contributed by atoms with Crippen LogP contribution in [0.1, 0.15) is 32.1 Å². The Morgan fingerprint density at radius 3 is 2.33 bits per heavy atom. The van der Waals surface area contributed by atoms with E-state index in [4.69, 9.17) is 0 Å². The van der Waals surface area contributed by atoms with Crippen LogP contribution in [0, 0.1) is 5.92 Å². The van der Waals surface area contributed by atoms with E-state index >= 15 is 0 Å². The van der Waals surface area contributed by atoms with E-state index in [0.29, 0.717) is 0 Å². The van der Waals surface area contributed by atoms with E-state index in [-0.39, 0.29) is 24.0 Å². The van der Waals surface area contributed by atoms with Crippen molar-refractivity contribution in [2.24, 2.45) is 5.92 Å². The van der Waals surface area contributed by atoms with Crippen LogP contribution in [0.4, 0.5) is 0 Å². The van der Waals surface area contributed by atoms with Gasteiger partial charge in [0, 0.05) is 5.92 Å². The fourth-order valence-corrected chi connectivity index (χ4v) is 1.62. The van der Waals surface area contributed by atoms with Gasteiger partial charge in [-0.1, -0.05) is 6.42 Å². The van der Waals surface area contributed by atoms with Crippen LogP contribution < -0.4 is 5.32 Å². The van der Waals surface area contributed by atoms with Crippen molar-refractivity contribution < 1.29 is 9.90 Å². The number of hydrogen-bond donors (Lipinski definition) is 2. The average Bonchev–Trinajstić information content (AvgIpc) is 1.94. The van der Waals surface area contributed by atoms with Crippen LogP contribution in [-0.2, 0) is 4.79 Å². The number of aliphatic hydroxyl groups excluding tert-OH is 1. The third kappa shape index (κ3) is 1.33. The van der Waals surface area contributed by atoms with Crippen LogP contribution >= 0.6 is 0 Å². The monoisotopic (exact) mass is 169 g/mol. The lowest BCUT2D eigenvalue weighted by Gasteiger charge is -2.35. The summed E-state index contributed by atoms with van der Waals surface area (Å²) in [6.45, 7) is 0. The second-order valence-electron chi connectivity index (χ2n) is 3.89.